The third kappa shape index (κ3) is 3.31. The summed E-state index contributed by atoms with van der Waals surface area (Å²) >= 11 is 0. The molecule has 0 aliphatic carbocycles. The van der Waals surface area contributed by atoms with Crippen molar-refractivity contribution in [3.8, 4) is 0 Å². The van der Waals surface area contributed by atoms with Gasteiger partial charge >= 0.3 is 0 Å². The average molecular weight is 261 g/mol. The molecule has 3 heteroatoms. The lowest BCUT2D eigenvalue weighted by Crippen LogP contribution is -2.27. The molecule has 19 heavy (non-hydrogen) atoms. The van der Waals surface area contributed by atoms with Crippen LogP contribution in [-0.4, -0.2) is 30.6 Å². The minimum Gasteiger partial charge on any atom is -0.385 e. The van der Waals surface area contributed by atoms with Crippen LogP contribution in [0.15, 0.2) is 36.4 Å². The van der Waals surface area contributed by atoms with Gasteiger partial charge in [0.15, 0.2) is 0 Å². The molecule has 2 aromatic carbocycles. The molecule has 0 fully saturated rings. The maximum absolute atomic E-state index is 13.1. The molecule has 2 aromatic rings. The minimum atomic E-state index is -0.868. The van der Waals surface area contributed by atoms with Gasteiger partial charge in [0.25, 0.3) is 0 Å². The smallest absolute Gasteiger partial charge is 0.123 e. The van der Waals surface area contributed by atoms with Crippen LogP contribution in [0.3, 0.4) is 0 Å². The number of fused-ring (bicyclic) bond motifs is 1. The summed E-state index contributed by atoms with van der Waals surface area (Å²) in [6.45, 7) is 2.63. The quantitative estimate of drug-likeness (QED) is 0.914. The first-order valence-electron chi connectivity index (χ1n) is 6.45. The van der Waals surface area contributed by atoms with Gasteiger partial charge in [-0.2, -0.15) is 0 Å². The fourth-order valence-corrected chi connectivity index (χ4v) is 2.14. The second kappa shape index (κ2) is 5.27. The molecule has 1 N–H and O–H groups in total. The fraction of sp³-hybridized carbons (Fsp3) is 0.375. The first-order valence-corrected chi connectivity index (χ1v) is 6.45. The van der Waals surface area contributed by atoms with Gasteiger partial charge in [0.1, 0.15) is 5.82 Å². The van der Waals surface area contributed by atoms with E-state index in [1.807, 2.05) is 44.1 Å². The third-order valence-electron chi connectivity index (χ3n) is 3.47. The monoisotopic (exact) mass is 261 g/mol. The first kappa shape index (κ1) is 14.0. The van der Waals surface area contributed by atoms with Crippen molar-refractivity contribution in [2.75, 3.05) is 20.6 Å². The van der Waals surface area contributed by atoms with Gasteiger partial charge in [-0.3, -0.25) is 0 Å². The van der Waals surface area contributed by atoms with E-state index >= 15 is 0 Å². The summed E-state index contributed by atoms with van der Waals surface area (Å²) < 4.78 is 13.1. The molecular weight excluding hydrogens is 241 g/mol. The van der Waals surface area contributed by atoms with Crippen molar-refractivity contribution >= 4 is 10.8 Å². The highest BCUT2D eigenvalue weighted by atomic mass is 19.1. The van der Waals surface area contributed by atoms with Crippen molar-refractivity contribution in [2.45, 2.75) is 18.9 Å². The van der Waals surface area contributed by atoms with Gasteiger partial charge in [-0.25, -0.2) is 4.39 Å². The van der Waals surface area contributed by atoms with E-state index in [0.717, 1.165) is 22.9 Å². The Labute approximate surface area is 113 Å². The number of halogens is 1. The fourth-order valence-electron chi connectivity index (χ4n) is 2.14. The third-order valence-corrected chi connectivity index (χ3v) is 3.47. The van der Waals surface area contributed by atoms with Crippen LogP contribution in [0, 0.1) is 5.82 Å². The molecule has 1 atom stereocenters. The van der Waals surface area contributed by atoms with Crippen molar-refractivity contribution in [3.05, 3.63) is 47.8 Å². The Balaban J connectivity index is 2.32. The zero-order valence-corrected chi connectivity index (χ0v) is 11.7. The van der Waals surface area contributed by atoms with Crippen LogP contribution < -0.4 is 0 Å². The number of rotatable bonds is 4. The zero-order chi connectivity index (χ0) is 14.0. The van der Waals surface area contributed by atoms with Crippen LogP contribution in [0.5, 0.6) is 0 Å². The van der Waals surface area contributed by atoms with Gasteiger partial charge < -0.3 is 10.0 Å². The summed E-state index contributed by atoms with van der Waals surface area (Å²) in [7, 11) is 3.97. The van der Waals surface area contributed by atoms with E-state index in [1.165, 1.54) is 12.1 Å². The Morgan fingerprint density at radius 3 is 2.42 bits per heavy atom. The molecule has 102 valence electrons. The Morgan fingerprint density at radius 2 is 1.74 bits per heavy atom. The molecule has 0 saturated heterocycles. The average Bonchev–Trinajstić information content (AvgIpc) is 2.36. The molecule has 2 rings (SSSR count). The highest BCUT2D eigenvalue weighted by Crippen LogP contribution is 2.28. The minimum absolute atomic E-state index is 0.236. The molecule has 0 unspecified atom stereocenters. The predicted octanol–water partition coefficient (Wildman–Crippen LogP) is 3.14. The van der Waals surface area contributed by atoms with E-state index in [2.05, 4.69) is 0 Å². The van der Waals surface area contributed by atoms with E-state index in [9.17, 15) is 9.50 Å². The zero-order valence-electron chi connectivity index (χ0n) is 11.7. The van der Waals surface area contributed by atoms with E-state index in [0.29, 0.717) is 6.42 Å². The van der Waals surface area contributed by atoms with Gasteiger partial charge in [-0.1, -0.05) is 18.2 Å². The van der Waals surface area contributed by atoms with Crippen molar-refractivity contribution < 1.29 is 9.50 Å². The van der Waals surface area contributed by atoms with Crippen LogP contribution in [0.1, 0.15) is 18.9 Å². The molecule has 0 aromatic heterocycles. The van der Waals surface area contributed by atoms with Crippen LogP contribution >= 0.6 is 0 Å². The molecular formula is C16H20FNO. The molecule has 0 aliphatic rings. The molecule has 0 saturated carbocycles. The molecule has 2 nitrogen and oxygen atoms in total. The van der Waals surface area contributed by atoms with E-state index in [1.54, 1.807) is 6.07 Å². The van der Waals surface area contributed by atoms with Crippen LogP contribution in [-0.2, 0) is 5.60 Å². The highest BCUT2D eigenvalue weighted by molar-refractivity contribution is 5.83. The molecule has 0 bridgehead atoms. The van der Waals surface area contributed by atoms with Crippen LogP contribution in [0.4, 0.5) is 4.39 Å². The lowest BCUT2D eigenvalue weighted by Gasteiger charge is -2.26. The summed E-state index contributed by atoms with van der Waals surface area (Å²) in [6.07, 6.45) is 0.659. The highest BCUT2D eigenvalue weighted by Gasteiger charge is 2.23. The second-order valence-corrected chi connectivity index (χ2v) is 5.53. The molecule has 0 amide bonds. The summed E-state index contributed by atoms with van der Waals surface area (Å²) in [5, 5.41) is 12.4. The number of aliphatic hydroxyl groups is 1. The van der Waals surface area contributed by atoms with Crippen LogP contribution in [0.2, 0.25) is 0 Å². The Hall–Kier alpha value is -1.45. The standard InChI is InChI=1S/C16H20FNO/c1-16(19,8-9-18(2)3)14-6-4-13-11-15(17)7-5-12(13)10-14/h4-7,10-11,19H,8-9H2,1-3H3/t16-/m0/s1. The molecule has 0 spiro atoms. The molecule has 0 aliphatic heterocycles. The topological polar surface area (TPSA) is 23.5 Å². The number of hydrogen-bond donors (Lipinski definition) is 1. The van der Waals surface area contributed by atoms with Gasteiger partial charge in [0, 0.05) is 6.54 Å². The van der Waals surface area contributed by atoms with Crippen molar-refractivity contribution in [1.82, 2.24) is 4.90 Å². The Morgan fingerprint density at radius 1 is 1.11 bits per heavy atom. The number of benzene rings is 2. The van der Waals surface area contributed by atoms with Crippen molar-refractivity contribution in [3.63, 3.8) is 0 Å². The first-order chi connectivity index (χ1) is 8.88. The Bertz CT molecular complexity index is 578. The van der Waals surface area contributed by atoms with Crippen molar-refractivity contribution in [2.24, 2.45) is 0 Å². The van der Waals surface area contributed by atoms with Crippen molar-refractivity contribution in [1.29, 1.82) is 0 Å². The Kier molecular flexibility index (Phi) is 3.88. The molecule has 0 radical (unpaired) electrons. The van der Waals surface area contributed by atoms with Gasteiger partial charge in [-0.15, -0.1) is 0 Å². The second-order valence-electron chi connectivity index (χ2n) is 5.53. The van der Waals surface area contributed by atoms with E-state index < -0.39 is 5.60 Å². The normalized spacial score (nSPS) is 14.8. The summed E-state index contributed by atoms with van der Waals surface area (Å²) in [6, 6.07) is 10.4. The summed E-state index contributed by atoms with van der Waals surface area (Å²) in [4.78, 5) is 2.05. The maximum atomic E-state index is 13.1. The SMILES string of the molecule is CN(C)CC[C@](C)(O)c1ccc2cc(F)ccc2c1. The lowest BCUT2D eigenvalue weighted by atomic mass is 9.90. The van der Waals surface area contributed by atoms with Gasteiger partial charge in [-0.05, 0) is 62.0 Å². The molecule has 0 heterocycles. The predicted molar refractivity (Wildman–Crippen MR) is 76.6 cm³/mol. The lowest BCUT2D eigenvalue weighted by molar-refractivity contribution is 0.0407. The number of hydrogen-bond acceptors (Lipinski definition) is 2. The van der Waals surface area contributed by atoms with Crippen LogP contribution in [0.25, 0.3) is 10.8 Å². The maximum Gasteiger partial charge on any atom is 0.123 e. The summed E-state index contributed by atoms with van der Waals surface area (Å²) in [5.41, 5.74) is 0.000734. The summed E-state index contributed by atoms with van der Waals surface area (Å²) in [5.74, 6) is -0.236. The van der Waals surface area contributed by atoms with Gasteiger partial charge in [0.2, 0.25) is 0 Å². The van der Waals surface area contributed by atoms with Gasteiger partial charge in [0.05, 0.1) is 5.60 Å². The van der Waals surface area contributed by atoms with E-state index in [4.69, 9.17) is 0 Å². The number of nitrogens with zero attached hydrogens (tertiary/aromatic N) is 1. The largest absolute Gasteiger partial charge is 0.385 e. The van der Waals surface area contributed by atoms with E-state index in [-0.39, 0.29) is 5.82 Å².